The Bertz CT molecular complexity index is 869. The van der Waals surface area contributed by atoms with Gasteiger partial charge in [0.05, 0.1) is 28.0 Å². The molecule has 4 rings (SSSR count). The summed E-state index contributed by atoms with van der Waals surface area (Å²) in [5.41, 5.74) is -0.106. The number of amidine groups is 2. The molecule has 0 bridgehead atoms. The lowest BCUT2D eigenvalue weighted by molar-refractivity contribution is -0.137. The second-order valence-corrected chi connectivity index (χ2v) is 7.74. The summed E-state index contributed by atoms with van der Waals surface area (Å²) in [6, 6.07) is 2.42. The number of rotatable bonds is 0. The number of aliphatic imine (C=N–C) groups is 2. The number of halogens is 4. The van der Waals surface area contributed by atoms with Crippen molar-refractivity contribution in [3.8, 4) is 0 Å². The van der Waals surface area contributed by atoms with Crippen molar-refractivity contribution in [3.05, 3.63) is 35.0 Å². The fraction of sp³-hybridized carbons (Fsp3) is 0.474. The Kier molecular flexibility index (Phi) is 4.87. The number of fused-ring (bicyclic) bond motifs is 3. The Balaban J connectivity index is 1.87. The molecule has 3 aliphatic heterocycles. The van der Waals surface area contributed by atoms with Crippen LogP contribution in [-0.2, 0) is 6.18 Å². The van der Waals surface area contributed by atoms with Gasteiger partial charge in [-0.15, -0.1) is 0 Å². The SMILES string of the molecule is CC1CC=CN2C(=N1)C(N1CCN(C)CC1)=Nc1cc(C(F)(F)F)c(Cl)cc12. The van der Waals surface area contributed by atoms with Gasteiger partial charge < -0.3 is 9.80 Å². The Morgan fingerprint density at radius 3 is 2.50 bits per heavy atom. The minimum atomic E-state index is -4.53. The first-order valence-corrected chi connectivity index (χ1v) is 9.59. The van der Waals surface area contributed by atoms with E-state index in [-0.39, 0.29) is 16.8 Å². The van der Waals surface area contributed by atoms with Crippen LogP contribution in [0.2, 0.25) is 5.02 Å². The van der Waals surface area contributed by atoms with Crippen LogP contribution in [0.5, 0.6) is 0 Å². The van der Waals surface area contributed by atoms with Gasteiger partial charge in [-0.25, -0.2) is 4.99 Å². The highest BCUT2D eigenvalue weighted by Crippen LogP contribution is 2.44. The van der Waals surface area contributed by atoms with E-state index >= 15 is 0 Å². The molecule has 3 heterocycles. The van der Waals surface area contributed by atoms with Gasteiger partial charge in [-0.2, -0.15) is 13.2 Å². The lowest BCUT2D eigenvalue weighted by Crippen LogP contribution is -2.52. The molecule has 0 radical (unpaired) electrons. The van der Waals surface area contributed by atoms with Crippen molar-refractivity contribution in [2.45, 2.75) is 25.6 Å². The quantitative estimate of drug-likeness (QED) is 0.643. The highest BCUT2D eigenvalue weighted by Gasteiger charge is 2.37. The molecule has 3 aliphatic rings. The summed E-state index contributed by atoms with van der Waals surface area (Å²) in [4.78, 5) is 15.6. The zero-order valence-electron chi connectivity index (χ0n) is 15.7. The summed E-state index contributed by atoms with van der Waals surface area (Å²) < 4.78 is 40.1. The van der Waals surface area contributed by atoms with Gasteiger partial charge in [0.2, 0.25) is 0 Å². The average Bonchev–Trinajstić information content (AvgIpc) is 2.82. The van der Waals surface area contributed by atoms with Crippen molar-refractivity contribution in [1.82, 2.24) is 9.80 Å². The molecule has 0 aromatic heterocycles. The molecule has 0 saturated carbocycles. The van der Waals surface area contributed by atoms with Gasteiger partial charge in [0.1, 0.15) is 0 Å². The van der Waals surface area contributed by atoms with Crippen molar-refractivity contribution in [3.63, 3.8) is 0 Å². The van der Waals surface area contributed by atoms with E-state index < -0.39 is 11.7 Å². The first kappa shape index (κ1) is 19.3. The van der Waals surface area contributed by atoms with E-state index in [1.807, 2.05) is 31.1 Å². The molecule has 150 valence electrons. The normalized spacial score (nSPS) is 23.0. The third kappa shape index (κ3) is 3.51. The van der Waals surface area contributed by atoms with Crippen LogP contribution in [0.4, 0.5) is 24.5 Å². The molecule has 28 heavy (non-hydrogen) atoms. The summed E-state index contributed by atoms with van der Waals surface area (Å²) in [7, 11) is 2.05. The first-order valence-electron chi connectivity index (χ1n) is 9.21. The van der Waals surface area contributed by atoms with Crippen molar-refractivity contribution < 1.29 is 13.2 Å². The predicted molar refractivity (Wildman–Crippen MR) is 106 cm³/mol. The summed E-state index contributed by atoms with van der Waals surface area (Å²) >= 11 is 5.97. The Labute approximate surface area is 166 Å². The first-order chi connectivity index (χ1) is 13.2. The van der Waals surface area contributed by atoms with Crippen LogP contribution in [0.15, 0.2) is 34.4 Å². The van der Waals surface area contributed by atoms with Crippen LogP contribution >= 0.6 is 11.6 Å². The highest BCUT2D eigenvalue weighted by atomic mass is 35.5. The van der Waals surface area contributed by atoms with E-state index in [0.717, 1.165) is 38.7 Å². The Morgan fingerprint density at radius 1 is 1.11 bits per heavy atom. The summed E-state index contributed by atoms with van der Waals surface area (Å²) in [6.07, 6.45) is 0.0474. The van der Waals surface area contributed by atoms with Crippen molar-refractivity contribution in [2.24, 2.45) is 9.98 Å². The number of piperazine rings is 1. The standard InChI is InChI=1S/C19H21ClF3N5/c1-12-4-3-5-28-16-11-14(20)13(19(21,22)23)10-15(16)25-17(18(28)24-12)27-8-6-26(2)7-9-27/h3,5,10-12H,4,6-9H2,1-2H3. The molecule has 1 aromatic rings. The molecule has 5 nitrogen and oxygen atoms in total. The van der Waals surface area contributed by atoms with Crippen LogP contribution in [0.1, 0.15) is 18.9 Å². The predicted octanol–water partition coefficient (Wildman–Crippen LogP) is 4.16. The maximum absolute atomic E-state index is 13.4. The Morgan fingerprint density at radius 2 is 1.82 bits per heavy atom. The number of likely N-dealkylation sites (N-methyl/N-ethyl adjacent to an activating group) is 1. The third-order valence-corrected chi connectivity index (χ3v) is 5.47. The number of benzene rings is 1. The molecular formula is C19H21ClF3N5. The van der Waals surface area contributed by atoms with Gasteiger partial charge >= 0.3 is 6.18 Å². The van der Waals surface area contributed by atoms with E-state index in [1.54, 1.807) is 0 Å². The molecule has 1 unspecified atom stereocenters. The van der Waals surface area contributed by atoms with Gasteiger partial charge in [0, 0.05) is 32.4 Å². The zero-order valence-corrected chi connectivity index (χ0v) is 16.4. The van der Waals surface area contributed by atoms with Crippen LogP contribution in [0.3, 0.4) is 0 Å². The number of alkyl halides is 3. The molecule has 9 heteroatoms. The van der Waals surface area contributed by atoms with Crippen LogP contribution < -0.4 is 4.90 Å². The summed E-state index contributed by atoms with van der Waals surface area (Å²) in [6.45, 7) is 5.22. The van der Waals surface area contributed by atoms with E-state index in [2.05, 4.69) is 14.8 Å². The maximum Gasteiger partial charge on any atom is 0.417 e. The third-order valence-electron chi connectivity index (χ3n) is 5.16. The molecule has 0 aliphatic carbocycles. The van der Waals surface area contributed by atoms with Crippen molar-refractivity contribution in [1.29, 1.82) is 0 Å². The molecule has 0 N–H and O–H groups in total. The van der Waals surface area contributed by atoms with Crippen LogP contribution in [-0.4, -0.2) is 60.7 Å². The second-order valence-electron chi connectivity index (χ2n) is 7.34. The second kappa shape index (κ2) is 7.08. The molecule has 1 atom stereocenters. The van der Waals surface area contributed by atoms with Crippen LogP contribution in [0, 0.1) is 0 Å². The fourth-order valence-corrected chi connectivity index (χ4v) is 3.83. The molecule has 1 aromatic carbocycles. The average molecular weight is 412 g/mol. The van der Waals surface area contributed by atoms with E-state index in [0.29, 0.717) is 17.4 Å². The van der Waals surface area contributed by atoms with Crippen molar-refractivity contribution >= 4 is 34.6 Å². The molecule has 0 amide bonds. The Hall–Kier alpha value is -2.06. The lowest BCUT2D eigenvalue weighted by atomic mass is 10.1. The van der Waals surface area contributed by atoms with Gasteiger partial charge in [-0.05, 0) is 32.5 Å². The molecule has 1 fully saturated rings. The molecule has 1 saturated heterocycles. The monoisotopic (exact) mass is 411 g/mol. The molecular weight excluding hydrogens is 391 g/mol. The summed E-state index contributed by atoms with van der Waals surface area (Å²) in [5, 5.41) is -0.338. The van der Waals surface area contributed by atoms with Gasteiger partial charge in [-0.1, -0.05) is 17.7 Å². The molecule has 0 spiro atoms. The maximum atomic E-state index is 13.4. The number of hydrogen-bond acceptors (Lipinski definition) is 5. The number of hydrogen-bond donors (Lipinski definition) is 0. The topological polar surface area (TPSA) is 34.4 Å². The lowest BCUT2D eigenvalue weighted by Gasteiger charge is -2.38. The number of anilines is 1. The van der Waals surface area contributed by atoms with E-state index in [4.69, 9.17) is 16.6 Å². The van der Waals surface area contributed by atoms with Gasteiger partial charge in [0.15, 0.2) is 11.7 Å². The highest BCUT2D eigenvalue weighted by molar-refractivity contribution is 6.48. The minimum Gasteiger partial charge on any atom is -0.351 e. The smallest absolute Gasteiger partial charge is 0.351 e. The van der Waals surface area contributed by atoms with Crippen molar-refractivity contribution in [2.75, 3.05) is 38.1 Å². The summed E-state index contributed by atoms with van der Waals surface area (Å²) in [5.74, 6) is 1.28. The zero-order chi connectivity index (χ0) is 20.1. The van der Waals surface area contributed by atoms with E-state index in [9.17, 15) is 13.2 Å². The van der Waals surface area contributed by atoms with Gasteiger partial charge in [0.25, 0.3) is 0 Å². The largest absolute Gasteiger partial charge is 0.417 e. The fourth-order valence-electron chi connectivity index (χ4n) is 3.56. The minimum absolute atomic E-state index is 0.0559. The van der Waals surface area contributed by atoms with E-state index in [1.165, 1.54) is 6.07 Å². The van der Waals surface area contributed by atoms with Gasteiger partial charge in [-0.3, -0.25) is 9.89 Å². The number of nitrogens with zero attached hydrogens (tertiary/aromatic N) is 5. The van der Waals surface area contributed by atoms with Crippen LogP contribution in [0.25, 0.3) is 0 Å².